The lowest BCUT2D eigenvalue weighted by molar-refractivity contribution is -0.0970. The summed E-state index contributed by atoms with van der Waals surface area (Å²) in [5.74, 6) is 2.67. The molecule has 1 saturated heterocycles. The third-order valence-electron chi connectivity index (χ3n) is 5.76. The number of nitrogens with zero attached hydrogens (tertiary/aromatic N) is 3. The highest BCUT2D eigenvalue weighted by molar-refractivity contribution is 6.30. The van der Waals surface area contributed by atoms with E-state index >= 15 is 0 Å². The molecule has 0 saturated carbocycles. The first-order valence-corrected chi connectivity index (χ1v) is 10.8. The van der Waals surface area contributed by atoms with Crippen LogP contribution in [0.15, 0.2) is 36.4 Å². The lowest BCUT2D eigenvalue weighted by atomic mass is 9.98. The zero-order chi connectivity index (χ0) is 22.2. The first-order chi connectivity index (χ1) is 15.6. The fourth-order valence-corrected chi connectivity index (χ4v) is 4.54. The molecule has 5 rings (SSSR count). The summed E-state index contributed by atoms with van der Waals surface area (Å²) in [6.07, 6.45) is -0.835. The van der Waals surface area contributed by atoms with Crippen LogP contribution in [0.5, 0.6) is 11.5 Å². The second kappa shape index (κ2) is 8.71. The van der Waals surface area contributed by atoms with Crippen molar-refractivity contribution in [1.29, 1.82) is 0 Å². The molecule has 3 heterocycles. The smallest absolute Gasteiger partial charge is 0.167 e. The van der Waals surface area contributed by atoms with E-state index in [0.29, 0.717) is 42.0 Å². The number of hydrogen-bond acceptors (Lipinski definition) is 7. The van der Waals surface area contributed by atoms with Crippen LogP contribution in [0, 0.1) is 6.92 Å². The van der Waals surface area contributed by atoms with Gasteiger partial charge >= 0.3 is 0 Å². The fraction of sp³-hybridized carbons (Fsp3) is 0.391. The van der Waals surface area contributed by atoms with Gasteiger partial charge < -0.3 is 23.7 Å². The van der Waals surface area contributed by atoms with E-state index in [9.17, 15) is 0 Å². The van der Waals surface area contributed by atoms with Gasteiger partial charge in [-0.1, -0.05) is 23.7 Å². The molecule has 8 nitrogen and oxygen atoms in total. The minimum absolute atomic E-state index is 0.372. The number of halogens is 1. The molecule has 0 spiro atoms. The van der Waals surface area contributed by atoms with Crippen LogP contribution < -0.4 is 9.47 Å². The Morgan fingerprint density at radius 3 is 2.62 bits per heavy atom. The molecule has 0 N–H and O–H groups in total. The van der Waals surface area contributed by atoms with Gasteiger partial charge in [0.1, 0.15) is 18.0 Å². The van der Waals surface area contributed by atoms with Crippen LogP contribution in [0.3, 0.4) is 0 Å². The Kier molecular flexibility index (Phi) is 5.77. The number of methoxy groups -OCH3 is 2. The summed E-state index contributed by atoms with van der Waals surface area (Å²) in [6.45, 7) is 3.04. The summed E-state index contributed by atoms with van der Waals surface area (Å²) in [5, 5.41) is 9.38. The number of aryl methyl sites for hydroxylation is 1. The average Bonchev–Trinajstić information content (AvgIpc) is 3.42. The Bertz CT molecular complexity index is 1130. The van der Waals surface area contributed by atoms with Crippen LogP contribution in [-0.4, -0.2) is 48.5 Å². The van der Waals surface area contributed by atoms with Crippen molar-refractivity contribution in [2.24, 2.45) is 0 Å². The average molecular weight is 458 g/mol. The number of rotatable bonds is 5. The van der Waals surface area contributed by atoms with Gasteiger partial charge in [-0.05, 0) is 31.2 Å². The first kappa shape index (κ1) is 21.2. The Balaban J connectivity index is 1.70. The van der Waals surface area contributed by atoms with E-state index in [0.717, 1.165) is 22.6 Å². The maximum atomic E-state index is 6.75. The zero-order valence-electron chi connectivity index (χ0n) is 18.1. The summed E-state index contributed by atoms with van der Waals surface area (Å²) in [5.41, 5.74) is 2.60. The molecule has 0 amide bonds. The Morgan fingerprint density at radius 1 is 1.06 bits per heavy atom. The summed E-state index contributed by atoms with van der Waals surface area (Å²) in [7, 11) is 3.23. The summed E-state index contributed by atoms with van der Waals surface area (Å²) in [4.78, 5) is 0. The normalized spacial score (nSPS) is 20.5. The quantitative estimate of drug-likeness (QED) is 0.569. The first-order valence-electron chi connectivity index (χ1n) is 10.4. The highest BCUT2D eigenvalue weighted by atomic mass is 35.5. The molecule has 2 aliphatic rings. The molecule has 0 bridgehead atoms. The molecule has 0 radical (unpaired) electrons. The number of para-hydroxylation sites is 1. The number of hydrogen-bond donors (Lipinski definition) is 0. The van der Waals surface area contributed by atoms with Gasteiger partial charge in [-0.2, -0.15) is 0 Å². The Morgan fingerprint density at radius 2 is 1.88 bits per heavy atom. The van der Waals surface area contributed by atoms with Gasteiger partial charge in [-0.3, -0.25) is 4.57 Å². The SMILES string of the molecule is COc1cccc(C2OC(CC3OCCO3)c3nnc(C)n3-c3ccc(Cl)cc32)c1OC. The van der Waals surface area contributed by atoms with Gasteiger partial charge in [0, 0.05) is 22.6 Å². The lowest BCUT2D eigenvalue weighted by Crippen LogP contribution is -2.19. The molecule has 1 aromatic heterocycles. The van der Waals surface area contributed by atoms with Gasteiger partial charge in [0.2, 0.25) is 0 Å². The summed E-state index contributed by atoms with van der Waals surface area (Å²) >= 11 is 6.44. The van der Waals surface area contributed by atoms with Crippen LogP contribution in [0.25, 0.3) is 5.69 Å². The fourth-order valence-electron chi connectivity index (χ4n) is 4.36. The van der Waals surface area contributed by atoms with Crippen molar-refractivity contribution in [3.05, 3.63) is 64.2 Å². The molecular weight excluding hydrogens is 434 g/mol. The number of ether oxygens (including phenoxy) is 5. The van der Waals surface area contributed by atoms with Gasteiger partial charge in [0.15, 0.2) is 23.6 Å². The molecule has 2 aromatic carbocycles. The van der Waals surface area contributed by atoms with E-state index in [4.69, 9.17) is 35.3 Å². The van der Waals surface area contributed by atoms with E-state index in [1.807, 2.05) is 47.9 Å². The second-order valence-electron chi connectivity index (χ2n) is 7.64. The van der Waals surface area contributed by atoms with E-state index < -0.39 is 12.2 Å². The predicted octanol–water partition coefficient (Wildman–Crippen LogP) is 4.17. The van der Waals surface area contributed by atoms with Crippen molar-refractivity contribution in [2.45, 2.75) is 31.8 Å². The van der Waals surface area contributed by atoms with Crippen molar-refractivity contribution < 1.29 is 23.7 Å². The maximum absolute atomic E-state index is 6.75. The molecule has 1 fully saturated rings. The standard InChI is InChI=1S/C23H24ClN3O5/c1-13-25-26-23-19(12-20-30-9-10-31-20)32-21(15-5-4-6-18(28-2)22(15)29-3)16-11-14(24)7-8-17(16)27(13)23/h4-8,11,19-21H,9-10,12H2,1-3H3. The van der Waals surface area contributed by atoms with Crippen molar-refractivity contribution in [3.8, 4) is 17.2 Å². The third-order valence-corrected chi connectivity index (χ3v) is 6.00. The van der Waals surface area contributed by atoms with Crippen molar-refractivity contribution >= 4 is 11.6 Å². The van der Waals surface area contributed by atoms with Gasteiger partial charge in [0.05, 0.1) is 33.1 Å². The zero-order valence-corrected chi connectivity index (χ0v) is 18.8. The van der Waals surface area contributed by atoms with Crippen molar-refractivity contribution in [1.82, 2.24) is 14.8 Å². The van der Waals surface area contributed by atoms with Crippen LogP contribution in [0.1, 0.15) is 41.4 Å². The molecule has 32 heavy (non-hydrogen) atoms. The minimum atomic E-state index is -0.499. The molecule has 0 aliphatic carbocycles. The minimum Gasteiger partial charge on any atom is -0.493 e. The Hall–Kier alpha value is -2.65. The Labute approximate surface area is 191 Å². The van der Waals surface area contributed by atoms with Crippen LogP contribution in [0.4, 0.5) is 0 Å². The van der Waals surface area contributed by atoms with E-state index in [1.54, 1.807) is 14.2 Å². The highest BCUT2D eigenvalue weighted by Crippen LogP contribution is 2.46. The molecule has 2 unspecified atom stereocenters. The van der Waals surface area contributed by atoms with E-state index in [1.165, 1.54) is 0 Å². The molecule has 3 aromatic rings. The van der Waals surface area contributed by atoms with Gasteiger partial charge in [-0.15, -0.1) is 10.2 Å². The van der Waals surface area contributed by atoms with Crippen LogP contribution in [0.2, 0.25) is 5.02 Å². The van der Waals surface area contributed by atoms with Crippen molar-refractivity contribution in [2.75, 3.05) is 27.4 Å². The molecule has 9 heteroatoms. The van der Waals surface area contributed by atoms with Gasteiger partial charge in [-0.25, -0.2) is 0 Å². The maximum Gasteiger partial charge on any atom is 0.167 e. The van der Waals surface area contributed by atoms with Crippen LogP contribution in [-0.2, 0) is 14.2 Å². The van der Waals surface area contributed by atoms with Crippen LogP contribution >= 0.6 is 11.6 Å². The topological polar surface area (TPSA) is 76.9 Å². The molecule has 2 atom stereocenters. The molecular formula is C23H24ClN3O5. The second-order valence-corrected chi connectivity index (χ2v) is 8.07. The van der Waals surface area contributed by atoms with E-state index in [-0.39, 0.29) is 6.29 Å². The molecule has 2 aliphatic heterocycles. The van der Waals surface area contributed by atoms with Crippen molar-refractivity contribution in [3.63, 3.8) is 0 Å². The number of aromatic nitrogens is 3. The summed E-state index contributed by atoms with van der Waals surface area (Å²) < 4.78 is 31.5. The number of benzene rings is 2. The number of fused-ring (bicyclic) bond motifs is 3. The molecule has 168 valence electrons. The summed E-state index contributed by atoms with van der Waals surface area (Å²) in [6, 6.07) is 11.5. The monoisotopic (exact) mass is 457 g/mol. The highest BCUT2D eigenvalue weighted by Gasteiger charge is 2.37. The third kappa shape index (κ3) is 3.63. The van der Waals surface area contributed by atoms with E-state index in [2.05, 4.69) is 10.2 Å². The largest absolute Gasteiger partial charge is 0.493 e. The van der Waals surface area contributed by atoms with Gasteiger partial charge in [0.25, 0.3) is 0 Å². The lowest BCUT2D eigenvalue weighted by Gasteiger charge is -2.25. The predicted molar refractivity (Wildman–Crippen MR) is 117 cm³/mol.